The second kappa shape index (κ2) is 4.50. The molecule has 88 valence electrons. The molecule has 2 rings (SSSR count). The molecule has 0 aliphatic heterocycles. The first-order valence-electron chi connectivity index (χ1n) is 4.71. The Labute approximate surface area is 102 Å². The Morgan fingerprint density at radius 3 is 2.88 bits per heavy atom. The number of aromatic nitrogens is 4. The zero-order valence-electron chi connectivity index (χ0n) is 9.22. The SMILES string of the molecule is COC(=O)c1c(-c2ncncc2Cl)cnn1C. The lowest BCUT2D eigenvalue weighted by molar-refractivity contribution is 0.0589. The van der Waals surface area contributed by atoms with E-state index < -0.39 is 5.97 Å². The Kier molecular flexibility index (Phi) is 3.06. The van der Waals surface area contributed by atoms with Gasteiger partial charge in [-0.25, -0.2) is 14.8 Å². The first kappa shape index (κ1) is 11.5. The maximum atomic E-state index is 11.6. The van der Waals surface area contributed by atoms with Crippen molar-refractivity contribution in [3.63, 3.8) is 0 Å². The molecule has 2 aromatic rings. The maximum absolute atomic E-state index is 11.6. The van der Waals surface area contributed by atoms with Gasteiger partial charge in [0, 0.05) is 13.2 Å². The zero-order chi connectivity index (χ0) is 12.4. The van der Waals surface area contributed by atoms with Gasteiger partial charge in [0.2, 0.25) is 0 Å². The normalized spacial score (nSPS) is 10.3. The third kappa shape index (κ3) is 1.99. The molecule has 0 amide bonds. The summed E-state index contributed by atoms with van der Waals surface area (Å²) in [6, 6.07) is 0. The fourth-order valence-corrected chi connectivity index (χ4v) is 1.67. The van der Waals surface area contributed by atoms with E-state index in [4.69, 9.17) is 16.3 Å². The van der Waals surface area contributed by atoms with Gasteiger partial charge in [0.25, 0.3) is 0 Å². The van der Waals surface area contributed by atoms with E-state index >= 15 is 0 Å². The first-order chi connectivity index (χ1) is 8.15. The number of hydrogen-bond donors (Lipinski definition) is 0. The number of esters is 1. The van der Waals surface area contributed by atoms with E-state index in [1.54, 1.807) is 7.05 Å². The molecule has 7 heteroatoms. The Bertz CT molecular complexity index is 567. The molecule has 2 aromatic heterocycles. The summed E-state index contributed by atoms with van der Waals surface area (Å²) in [5.74, 6) is -0.491. The highest BCUT2D eigenvalue weighted by atomic mass is 35.5. The predicted octanol–water partition coefficient (Wildman–Crippen LogP) is 1.32. The minimum absolute atomic E-state index is 0.299. The van der Waals surface area contributed by atoms with E-state index in [1.807, 2.05) is 0 Å². The summed E-state index contributed by atoms with van der Waals surface area (Å²) < 4.78 is 6.11. The topological polar surface area (TPSA) is 69.9 Å². The van der Waals surface area contributed by atoms with Crippen molar-refractivity contribution in [2.75, 3.05) is 7.11 Å². The number of carbonyl (C=O) groups is 1. The van der Waals surface area contributed by atoms with Gasteiger partial charge in [0.1, 0.15) is 6.33 Å². The van der Waals surface area contributed by atoms with Gasteiger partial charge < -0.3 is 4.74 Å². The van der Waals surface area contributed by atoms with Crippen molar-refractivity contribution in [2.45, 2.75) is 0 Å². The number of nitrogens with zero attached hydrogens (tertiary/aromatic N) is 4. The Balaban J connectivity index is 2.61. The monoisotopic (exact) mass is 252 g/mol. The smallest absolute Gasteiger partial charge is 0.357 e. The summed E-state index contributed by atoms with van der Waals surface area (Å²) in [5.41, 5.74) is 1.27. The molecular weight excluding hydrogens is 244 g/mol. The number of halogens is 1. The van der Waals surface area contributed by atoms with Crippen LogP contribution in [0.25, 0.3) is 11.3 Å². The molecule has 0 saturated heterocycles. The molecule has 0 fully saturated rings. The number of hydrogen-bond acceptors (Lipinski definition) is 5. The Morgan fingerprint density at radius 2 is 2.24 bits per heavy atom. The van der Waals surface area contributed by atoms with E-state index in [2.05, 4.69) is 15.1 Å². The van der Waals surface area contributed by atoms with Gasteiger partial charge in [-0.05, 0) is 0 Å². The lowest BCUT2D eigenvalue weighted by Crippen LogP contribution is -2.10. The molecule has 0 radical (unpaired) electrons. The van der Waals surface area contributed by atoms with Crippen LogP contribution in [0.2, 0.25) is 5.02 Å². The molecule has 0 atom stereocenters. The fourth-order valence-electron chi connectivity index (χ4n) is 1.46. The van der Waals surface area contributed by atoms with Crippen LogP contribution in [0.3, 0.4) is 0 Å². The number of rotatable bonds is 2. The summed E-state index contributed by atoms with van der Waals surface area (Å²) in [7, 11) is 2.95. The minimum atomic E-state index is -0.491. The van der Waals surface area contributed by atoms with Gasteiger partial charge in [-0.2, -0.15) is 5.10 Å². The van der Waals surface area contributed by atoms with Gasteiger partial charge >= 0.3 is 5.97 Å². The van der Waals surface area contributed by atoms with Crippen molar-refractivity contribution in [1.82, 2.24) is 19.7 Å². The van der Waals surface area contributed by atoms with Crippen LogP contribution in [0.4, 0.5) is 0 Å². The van der Waals surface area contributed by atoms with E-state index in [0.29, 0.717) is 22.0 Å². The van der Waals surface area contributed by atoms with Crippen molar-refractivity contribution < 1.29 is 9.53 Å². The predicted molar refractivity (Wildman–Crippen MR) is 60.6 cm³/mol. The molecule has 0 aliphatic rings. The maximum Gasteiger partial charge on any atom is 0.357 e. The quantitative estimate of drug-likeness (QED) is 0.754. The van der Waals surface area contributed by atoms with E-state index in [9.17, 15) is 4.79 Å². The fraction of sp³-hybridized carbons (Fsp3) is 0.200. The molecule has 6 nitrogen and oxygen atoms in total. The highest BCUT2D eigenvalue weighted by Gasteiger charge is 2.21. The lowest BCUT2D eigenvalue weighted by atomic mass is 10.2. The zero-order valence-corrected chi connectivity index (χ0v) is 9.97. The molecule has 0 spiro atoms. The molecule has 0 bridgehead atoms. The summed E-state index contributed by atoms with van der Waals surface area (Å²) in [6.07, 6.45) is 4.33. The third-order valence-corrected chi connectivity index (χ3v) is 2.52. The van der Waals surface area contributed by atoms with Crippen LogP contribution in [0.5, 0.6) is 0 Å². The van der Waals surface area contributed by atoms with Gasteiger partial charge in [0.05, 0.1) is 29.6 Å². The van der Waals surface area contributed by atoms with Gasteiger partial charge in [-0.3, -0.25) is 4.68 Å². The Hall–Kier alpha value is -1.95. The average molecular weight is 253 g/mol. The summed E-state index contributed by atoms with van der Waals surface area (Å²) in [6.45, 7) is 0. The highest BCUT2D eigenvalue weighted by Crippen LogP contribution is 2.27. The first-order valence-corrected chi connectivity index (χ1v) is 5.09. The van der Waals surface area contributed by atoms with Crippen molar-refractivity contribution in [2.24, 2.45) is 7.05 Å². The number of carbonyl (C=O) groups excluding carboxylic acids is 1. The second-order valence-corrected chi connectivity index (χ2v) is 3.65. The van der Waals surface area contributed by atoms with Crippen LogP contribution in [0.15, 0.2) is 18.7 Å². The summed E-state index contributed by atoms with van der Waals surface area (Å²) in [5, 5.41) is 4.35. The van der Waals surface area contributed by atoms with Gasteiger partial charge in [-0.15, -0.1) is 0 Å². The molecule has 2 heterocycles. The lowest BCUT2D eigenvalue weighted by Gasteiger charge is -2.04. The summed E-state index contributed by atoms with van der Waals surface area (Å²) in [4.78, 5) is 19.5. The van der Waals surface area contributed by atoms with Crippen molar-refractivity contribution in [3.05, 3.63) is 29.4 Å². The Morgan fingerprint density at radius 1 is 1.47 bits per heavy atom. The van der Waals surface area contributed by atoms with Crippen molar-refractivity contribution in [3.8, 4) is 11.3 Å². The molecule has 0 unspecified atom stereocenters. The van der Waals surface area contributed by atoms with Gasteiger partial charge in [0.15, 0.2) is 5.69 Å². The van der Waals surface area contributed by atoms with Crippen LogP contribution in [0, 0.1) is 0 Å². The number of methoxy groups -OCH3 is 1. The summed E-state index contributed by atoms with van der Waals surface area (Å²) >= 11 is 5.97. The van der Waals surface area contributed by atoms with Crippen LogP contribution in [-0.2, 0) is 11.8 Å². The molecule has 0 aliphatic carbocycles. The molecule has 17 heavy (non-hydrogen) atoms. The van der Waals surface area contributed by atoms with Gasteiger partial charge in [-0.1, -0.05) is 11.6 Å². The minimum Gasteiger partial charge on any atom is -0.464 e. The van der Waals surface area contributed by atoms with Crippen molar-refractivity contribution in [1.29, 1.82) is 0 Å². The average Bonchev–Trinajstić information content (AvgIpc) is 2.71. The molecule has 0 saturated carbocycles. The number of ether oxygens (including phenoxy) is 1. The molecular formula is C10H9ClN4O2. The third-order valence-electron chi connectivity index (χ3n) is 2.24. The van der Waals surface area contributed by atoms with Crippen LogP contribution in [-0.4, -0.2) is 32.8 Å². The number of aryl methyl sites for hydroxylation is 1. The van der Waals surface area contributed by atoms with E-state index in [1.165, 1.54) is 30.5 Å². The van der Waals surface area contributed by atoms with Crippen LogP contribution in [0.1, 0.15) is 10.5 Å². The van der Waals surface area contributed by atoms with Crippen molar-refractivity contribution >= 4 is 17.6 Å². The standard InChI is InChI=1S/C10H9ClN4O2/c1-15-9(10(16)17-2)6(3-14-15)8-7(11)4-12-5-13-8/h3-5H,1-2H3. The van der Waals surface area contributed by atoms with Crippen LogP contribution >= 0.6 is 11.6 Å². The van der Waals surface area contributed by atoms with Crippen LogP contribution < -0.4 is 0 Å². The molecule has 0 N–H and O–H groups in total. The molecule has 0 aromatic carbocycles. The highest BCUT2D eigenvalue weighted by molar-refractivity contribution is 6.33. The largest absolute Gasteiger partial charge is 0.464 e. The van der Waals surface area contributed by atoms with E-state index in [-0.39, 0.29) is 0 Å². The van der Waals surface area contributed by atoms with E-state index in [0.717, 1.165) is 0 Å². The second-order valence-electron chi connectivity index (χ2n) is 3.24.